The molecule has 20 heavy (non-hydrogen) atoms. The highest BCUT2D eigenvalue weighted by Crippen LogP contribution is 2.17. The number of hydrogen-bond acceptors (Lipinski definition) is 4. The summed E-state index contributed by atoms with van der Waals surface area (Å²) in [6, 6.07) is 11.6. The molecule has 5 heteroatoms. The monoisotopic (exact) mass is 270 g/mol. The Bertz CT molecular complexity index is 598. The number of aryl methyl sites for hydroxylation is 1. The number of anilines is 1. The predicted octanol–water partition coefficient (Wildman–Crippen LogP) is 1.95. The molecule has 0 aliphatic rings. The van der Waals surface area contributed by atoms with E-state index < -0.39 is 0 Å². The number of carbonyl (C=O) groups is 1. The number of pyridine rings is 1. The van der Waals surface area contributed by atoms with E-state index in [4.69, 9.17) is 5.84 Å². The van der Waals surface area contributed by atoms with E-state index in [1.165, 1.54) is 0 Å². The molecule has 0 spiro atoms. The molecule has 2 rings (SSSR count). The number of benzene rings is 1. The molecule has 1 aromatic carbocycles. The smallest absolute Gasteiger partial charge is 0.257 e. The summed E-state index contributed by atoms with van der Waals surface area (Å²) in [5, 5.41) is 0. The molecule has 0 aliphatic carbocycles. The van der Waals surface area contributed by atoms with Crippen LogP contribution in [0.1, 0.15) is 21.6 Å². The van der Waals surface area contributed by atoms with Crippen LogP contribution in [-0.2, 0) is 6.54 Å². The van der Waals surface area contributed by atoms with Crippen LogP contribution in [0, 0.1) is 6.92 Å². The van der Waals surface area contributed by atoms with Gasteiger partial charge in [-0.15, -0.1) is 0 Å². The van der Waals surface area contributed by atoms with Gasteiger partial charge in [0.05, 0.1) is 11.3 Å². The zero-order valence-electron chi connectivity index (χ0n) is 11.6. The van der Waals surface area contributed by atoms with Gasteiger partial charge in [-0.1, -0.05) is 30.3 Å². The van der Waals surface area contributed by atoms with E-state index in [0.29, 0.717) is 17.8 Å². The zero-order valence-corrected chi connectivity index (χ0v) is 11.6. The summed E-state index contributed by atoms with van der Waals surface area (Å²) in [5.41, 5.74) is 5.48. The van der Waals surface area contributed by atoms with Gasteiger partial charge in [-0.2, -0.15) is 0 Å². The summed E-state index contributed by atoms with van der Waals surface area (Å²) in [4.78, 5) is 18.2. The second kappa shape index (κ2) is 6.16. The van der Waals surface area contributed by atoms with Gasteiger partial charge >= 0.3 is 0 Å². The Hall–Kier alpha value is -2.40. The molecule has 0 saturated carbocycles. The van der Waals surface area contributed by atoms with Gasteiger partial charge < -0.3 is 10.3 Å². The van der Waals surface area contributed by atoms with Crippen molar-refractivity contribution in [2.45, 2.75) is 13.5 Å². The molecule has 1 aromatic heterocycles. The minimum Gasteiger partial charge on any atom is -0.337 e. The molecular weight excluding hydrogens is 252 g/mol. The quantitative estimate of drug-likeness (QED) is 0.658. The van der Waals surface area contributed by atoms with Crippen molar-refractivity contribution >= 4 is 11.6 Å². The number of nitrogen functional groups attached to an aromatic ring is 1. The number of carbonyl (C=O) groups excluding carboxylic acids is 1. The highest BCUT2D eigenvalue weighted by Gasteiger charge is 2.16. The van der Waals surface area contributed by atoms with Crippen LogP contribution in [0.3, 0.4) is 0 Å². The minimum atomic E-state index is -0.116. The fourth-order valence-electron chi connectivity index (χ4n) is 1.98. The Balaban J connectivity index is 2.18. The molecule has 2 aromatic rings. The number of nitrogens with two attached hydrogens (primary N) is 1. The lowest BCUT2D eigenvalue weighted by molar-refractivity contribution is 0.0785. The highest BCUT2D eigenvalue weighted by molar-refractivity contribution is 5.99. The van der Waals surface area contributed by atoms with Crippen LogP contribution in [0.4, 0.5) is 5.69 Å². The molecule has 0 saturated heterocycles. The minimum absolute atomic E-state index is 0.116. The Morgan fingerprint density at radius 3 is 2.70 bits per heavy atom. The van der Waals surface area contributed by atoms with Crippen molar-refractivity contribution in [1.82, 2.24) is 9.88 Å². The maximum Gasteiger partial charge on any atom is 0.257 e. The van der Waals surface area contributed by atoms with Gasteiger partial charge in [0.1, 0.15) is 0 Å². The summed E-state index contributed by atoms with van der Waals surface area (Å²) in [6.45, 7) is 2.39. The first-order chi connectivity index (χ1) is 9.61. The van der Waals surface area contributed by atoms with Gasteiger partial charge in [-0.25, -0.2) is 0 Å². The van der Waals surface area contributed by atoms with Crippen molar-refractivity contribution in [3.05, 3.63) is 59.4 Å². The standard InChI is InChI=1S/C15H18N4O/c1-11-8-14(18-16)13(9-17-11)15(20)19(2)10-12-6-4-3-5-7-12/h3-9H,10,16H2,1-2H3,(H,17,18). The van der Waals surface area contributed by atoms with Gasteiger partial charge in [0, 0.05) is 25.5 Å². The van der Waals surface area contributed by atoms with Gasteiger partial charge in [-0.3, -0.25) is 15.6 Å². The Morgan fingerprint density at radius 2 is 2.05 bits per heavy atom. The first-order valence-corrected chi connectivity index (χ1v) is 6.34. The second-order valence-corrected chi connectivity index (χ2v) is 4.66. The molecule has 0 radical (unpaired) electrons. The number of aromatic nitrogens is 1. The molecule has 1 amide bonds. The Labute approximate surface area is 118 Å². The first-order valence-electron chi connectivity index (χ1n) is 6.34. The van der Waals surface area contributed by atoms with Crippen LogP contribution in [0.2, 0.25) is 0 Å². The van der Waals surface area contributed by atoms with Crippen molar-refractivity contribution in [2.75, 3.05) is 12.5 Å². The average molecular weight is 270 g/mol. The fraction of sp³-hybridized carbons (Fsp3) is 0.200. The van der Waals surface area contributed by atoms with E-state index in [2.05, 4.69) is 10.4 Å². The topological polar surface area (TPSA) is 71.2 Å². The lowest BCUT2D eigenvalue weighted by Crippen LogP contribution is -2.27. The van der Waals surface area contributed by atoms with Crippen LogP contribution < -0.4 is 11.3 Å². The molecule has 0 atom stereocenters. The van der Waals surface area contributed by atoms with Gasteiger partial charge in [-0.05, 0) is 18.6 Å². The number of hydrazine groups is 1. The SMILES string of the molecule is Cc1cc(NN)c(C(=O)N(C)Cc2ccccc2)cn1. The highest BCUT2D eigenvalue weighted by atomic mass is 16.2. The summed E-state index contributed by atoms with van der Waals surface area (Å²) in [6.07, 6.45) is 1.55. The van der Waals surface area contributed by atoms with Crippen LogP contribution >= 0.6 is 0 Å². The van der Waals surface area contributed by atoms with Crippen molar-refractivity contribution in [3.8, 4) is 0 Å². The predicted molar refractivity (Wildman–Crippen MR) is 79.0 cm³/mol. The van der Waals surface area contributed by atoms with Gasteiger partial charge in [0.2, 0.25) is 0 Å². The van der Waals surface area contributed by atoms with E-state index >= 15 is 0 Å². The van der Waals surface area contributed by atoms with E-state index in [1.54, 1.807) is 24.2 Å². The van der Waals surface area contributed by atoms with E-state index in [-0.39, 0.29) is 5.91 Å². The number of nitrogens with zero attached hydrogens (tertiary/aromatic N) is 2. The van der Waals surface area contributed by atoms with E-state index in [9.17, 15) is 4.79 Å². The summed E-state index contributed by atoms with van der Waals surface area (Å²) < 4.78 is 0. The van der Waals surface area contributed by atoms with Crippen LogP contribution in [-0.4, -0.2) is 22.8 Å². The number of rotatable bonds is 4. The fourth-order valence-corrected chi connectivity index (χ4v) is 1.98. The van der Waals surface area contributed by atoms with Crippen LogP contribution in [0.5, 0.6) is 0 Å². The van der Waals surface area contributed by atoms with Crippen molar-refractivity contribution in [1.29, 1.82) is 0 Å². The number of hydrogen-bond donors (Lipinski definition) is 2. The molecule has 104 valence electrons. The molecular formula is C15H18N4O. The van der Waals surface area contributed by atoms with Gasteiger partial charge in [0.15, 0.2) is 0 Å². The third-order valence-electron chi connectivity index (χ3n) is 3.04. The van der Waals surface area contributed by atoms with E-state index in [1.807, 2.05) is 37.3 Å². The molecule has 0 unspecified atom stereocenters. The van der Waals surface area contributed by atoms with Crippen molar-refractivity contribution in [2.24, 2.45) is 5.84 Å². The maximum atomic E-state index is 12.4. The maximum absolute atomic E-state index is 12.4. The number of nitrogens with one attached hydrogen (secondary N) is 1. The second-order valence-electron chi connectivity index (χ2n) is 4.66. The third-order valence-corrected chi connectivity index (χ3v) is 3.04. The molecule has 5 nitrogen and oxygen atoms in total. The summed E-state index contributed by atoms with van der Waals surface area (Å²) in [7, 11) is 1.76. The van der Waals surface area contributed by atoms with E-state index in [0.717, 1.165) is 11.3 Å². The summed E-state index contributed by atoms with van der Waals surface area (Å²) >= 11 is 0. The Kier molecular flexibility index (Phi) is 4.32. The zero-order chi connectivity index (χ0) is 14.5. The lowest BCUT2D eigenvalue weighted by atomic mass is 10.1. The Morgan fingerprint density at radius 1 is 1.35 bits per heavy atom. The molecule has 0 bridgehead atoms. The van der Waals surface area contributed by atoms with Crippen molar-refractivity contribution < 1.29 is 4.79 Å². The summed E-state index contributed by atoms with van der Waals surface area (Å²) in [5.74, 6) is 5.35. The van der Waals surface area contributed by atoms with Gasteiger partial charge in [0.25, 0.3) is 5.91 Å². The molecule has 1 heterocycles. The largest absolute Gasteiger partial charge is 0.337 e. The first kappa shape index (κ1) is 14.0. The average Bonchev–Trinajstić information content (AvgIpc) is 2.47. The molecule has 0 aliphatic heterocycles. The third kappa shape index (κ3) is 3.13. The molecule has 0 fully saturated rings. The number of amides is 1. The molecule has 3 N–H and O–H groups in total. The van der Waals surface area contributed by atoms with Crippen LogP contribution in [0.15, 0.2) is 42.6 Å². The lowest BCUT2D eigenvalue weighted by Gasteiger charge is -2.19. The van der Waals surface area contributed by atoms with Crippen LogP contribution in [0.25, 0.3) is 0 Å². The van der Waals surface area contributed by atoms with Crippen molar-refractivity contribution in [3.63, 3.8) is 0 Å². The normalized spacial score (nSPS) is 10.2.